The lowest BCUT2D eigenvalue weighted by molar-refractivity contribution is 0.220. The number of benzene rings is 1. The molecule has 1 atom stereocenters. The quantitative estimate of drug-likeness (QED) is 0.880. The Morgan fingerprint density at radius 2 is 2.25 bits per heavy atom. The number of aliphatic hydroxyl groups excluding tert-OH is 1. The maximum Gasteiger partial charge on any atom is 0.107 e. The molecule has 0 radical (unpaired) electrons. The van der Waals surface area contributed by atoms with Gasteiger partial charge in [-0.05, 0) is 47.2 Å². The van der Waals surface area contributed by atoms with Gasteiger partial charge in [-0.2, -0.15) is 5.10 Å². The second-order valence-electron chi connectivity index (χ2n) is 3.59. The highest BCUT2D eigenvalue weighted by Gasteiger charge is 2.12. The van der Waals surface area contributed by atoms with Crippen LogP contribution in [0.25, 0.3) is 0 Å². The molecule has 0 spiro atoms. The Morgan fingerprint density at radius 3 is 2.88 bits per heavy atom. The van der Waals surface area contributed by atoms with E-state index in [-0.39, 0.29) is 0 Å². The van der Waals surface area contributed by atoms with Crippen LogP contribution in [0, 0.1) is 3.57 Å². The van der Waals surface area contributed by atoms with Crippen LogP contribution in [0.3, 0.4) is 0 Å². The summed E-state index contributed by atoms with van der Waals surface area (Å²) in [7, 11) is 0. The van der Waals surface area contributed by atoms with Gasteiger partial charge in [-0.25, -0.2) is 0 Å². The summed E-state index contributed by atoms with van der Waals surface area (Å²) in [5, 5.41) is 14.3. The van der Waals surface area contributed by atoms with E-state index in [1.807, 2.05) is 42.1 Å². The molecular weight excluding hydrogens is 315 g/mol. The molecule has 1 unspecified atom stereocenters. The molecule has 1 aromatic carbocycles. The van der Waals surface area contributed by atoms with Gasteiger partial charge in [0.05, 0.1) is 6.20 Å². The molecule has 0 saturated carbocycles. The SMILES string of the molecule is CCn1cc(C(O)c2cccc(I)c2)cn1. The third-order valence-electron chi connectivity index (χ3n) is 2.46. The minimum absolute atomic E-state index is 0.588. The average molecular weight is 328 g/mol. The predicted octanol–water partition coefficient (Wildman–Crippen LogP) is 2.59. The topological polar surface area (TPSA) is 38.0 Å². The van der Waals surface area contributed by atoms with E-state index in [1.165, 1.54) is 0 Å². The van der Waals surface area contributed by atoms with Gasteiger partial charge in [-0.1, -0.05) is 12.1 Å². The van der Waals surface area contributed by atoms with Crippen molar-refractivity contribution < 1.29 is 5.11 Å². The smallest absolute Gasteiger partial charge is 0.107 e. The van der Waals surface area contributed by atoms with Crippen LogP contribution in [0.15, 0.2) is 36.7 Å². The summed E-state index contributed by atoms with van der Waals surface area (Å²) in [5.41, 5.74) is 1.74. The van der Waals surface area contributed by atoms with E-state index in [0.717, 1.165) is 21.2 Å². The van der Waals surface area contributed by atoms with Crippen molar-refractivity contribution in [2.24, 2.45) is 0 Å². The average Bonchev–Trinajstić information content (AvgIpc) is 2.76. The maximum atomic E-state index is 10.2. The van der Waals surface area contributed by atoms with Gasteiger partial charge in [0.25, 0.3) is 0 Å². The minimum Gasteiger partial charge on any atom is -0.384 e. The zero-order chi connectivity index (χ0) is 11.5. The molecule has 2 rings (SSSR count). The molecule has 16 heavy (non-hydrogen) atoms. The number of halogens is 1. The van der Waals surface area contributed by atoms with Gasteiger partial charge >= 0.3 is 0 Å². The van der Waals surface area contributed by atoms with Gasteiger partial charge in [0, 0.05) is 21.9 Å². The van der Waals surface area contributed by atoms with Gasteiger partial charge in [0.1, 0.15) is 6.10 Å². The first-order valence-electron chi connectivity index (χ1n) is 5.16. The fourth-order valence-corrected chi connectivity index (χ4v) is 2.13. The zero-order valence-electron chi connectivity index (χ0n) is 8.97. The zero-order valence-corrected chi connectivity index (χ0v) is 11.1. The standard InChI is InChI=1S/C12H13IN2O/c1-2-15-8-10(7-14-15)12(16)9-4-3-5-11(13)6-9/h3-8,12,16H,2H2,1H3. The molecule has 1 heterocycles. The molecular formula is C12H13IN2O. The predicted molar refractivity (Wildman–Crippen MR) is 71.1 cm³/mol. The van der Waals surface area contributed by atoms with Crippen LogP contribution in [-0.4, -0.2) is 14.9 Å². The number of hydrogen-bond acceptors (Lipinski definition) is 2. The van der Waals surface area contributed by atoms with Crippen LogP contribution >= 0.6 is 22.6 Å². The summed E-state index contributed by atoms with van der Waals surface area (Å²) < 4.78 is 2.93. The van der Waals surface area contributed by atoms with Crippen molar-refractivity contribution in [1.29, 1.82) is 0 Å². The number of nitrogens with zero attached hydrogens (tertiary/aromatic N) is 2. The first-order chi connectivity index (χ1) is 7.70. The summed E-state index contributed by atoms with van der Waals surface area (Å²) >= 11 is 2.24. The molecule has 0 aliphatic rings. The summed E-state index contributed by atoms with van der Waals surface area (Å²) in [6.45, 7) is 2.84. The van der Waals surface area contributed by atoms with Crippen molar-refractivity contribution in [3.05, 3.63) is 51.4 Å². The Labute approximate surface area is 108 Å². The number of rotatable bonds is 3. The van der Waals surface area contributed by atoms with Crippen LogP contribution in [-0.2, 0) is 6.54 Å². The maximum absolute atomic E-state index is 10.2. The normalized spacial score (nSPS) is 12.7. The lowest BCUT2D eigenvalue weighted by Crippen LogP contribution is -1.99. The van der Waals surface area contributed by atoms with Crippen molar-refractivity contribution in [2.75, 3.05) is 0 Å². The third-order valence-corrected chi connectivity index (χ3v) is 3.13. The number of aryl methyl sites for hydroxylation is 1. The number of aromatic nitrogens is 2. The first kappa shape index (κ1) is 11.6. The molecule has 0 fully saturated rings. The van der Waals surface area contributed by atoms with Crippen LogP contribution < -0.4 is 0 Å². The van der Waals surface area contributed by atoms with E-state index in [4.69, 9.17) is 0 Å². The van der Waals surface area contributed by atoms with Gasteiger partial charge in [-0.3, -0.25) is 4.68 Å². The third kappa shape index (κ3) is 2.44. The largest absolute Gasteiger partial charge is 0.384 e. The lowest BCUT2D eigenvalue weighted by Gasteiger charge is -2.08. The van der Waals surface area contributed by atoms with E-state index in [1.54, 1.807) is 6.20 Å². The summed E-state index contributed by atoms with van der Waals surface area (Å²) in [4.78, 5) is 0. The first-order valence-corrected chi connectivity index (χ1v) is 6.24. The molecule has 2 aromatic rings. The summed E-state index contributed by atoms with van der Waals surface area (Å²) in [6, 6.07) is 7.86. The van der Waals surface area contributed by atoms with Gasteiger partial charge in [0.15, 0.2) is 0 Å². The molecule has 1 N–H and O–H groups in total. The van der Waals surface area contributed by atoms with Gasteiger partial charge in [0.2, 0.25) is 0 Å². The molecule has 84 valence electrons. The van der Waals surface area contributed by atoms with Crippen molar-refractivity contribution in [3.8, 4) is 0 Å². The molecule has 1 aromatic heterocycles. The Bertz CT molecular complexity index is 481. The minimum atomic E-state index is -0.588. The molecule has 0 saturated heterocycles. The van der Waals surface area contributed by atoms with E-state index >= 15 is 0 Å². The van der Waals surface area contributed by atoms with E-state index < -0.39 is 6.10 Å². The lowest BCUT2D eigenvalue weighted by atomic mass is 10.1. The molecule has 0 bridgehead atoms. The fourth-order valence-electron chi connectivity index (χ4n) is 1.56. The Balaban J connectivity index is 2.27. The highest BCUT2D eigenvalue weighted by Crippen LogP contribution is 2.22. The summed E-state index contributed by atoms with van der Waals surface area (Å²) in [6.07, 6.45) is 3.01. The van der Waals surface area contributed by atoms with Crippen molar-refractivity contribution in [2.45, 2.75) is 19.6 Å². The van der Waals surface area contributed by atoms with Gasteiger partial charge in [-0.15, -0.1) is 0 Å². The molecule has 4 heteroatoms. The van der Waals surface area contributed by atoms with Crippen LogP contribution in [0.2, 0.25) is 0 Å². The Hall–Kier alpha value is -0.880. The van der Waals surface area contributed by atoms with Crippen LogP contribution in [0.4, 0.5) is 0 Å². The van der Waals surface area contributed by atoms with E-state index in [9.17, 15) is 5.11 Å². The highest BCUT2D eigenvalue weighted by molar-refractivity contribution is 14.1. The molecule has 0 aliphatic heterocycles. The second-order valence-corrected chi connectivity index (χ2v) is 4.83. The second kappa shape index (κ2) is 4.97. The summed E-state index contributed by atoms with van der Waals surface area (Å²) in [5.74, 6) is 0. The molecule has 0 aliphatic carbocycles. The van der Waals surface area contributed by atoms with Crippen LogP contribution in [0.1, 0.15) is 24.2 Å². The van der Waals surface area contributed by atoms with Crippen molar-refractivity contribution >= 4 is 22.6 Å². The van der Waals surface area contributed by atoms with Gasteiger partial charge < -0.3 is 5.11 Å². The van der Waals surface area contributed by atoms with E-state index in [0.29, 0.717) is 0 Å². The Morgan fingerprint density at radius 1 is 1.44 bits per heavy atom. The van der Waals surface area contributed by atoms with E-state index in [2.05, 4.69) is 27.7 Å². The van der Waals surface area contributed by atoms with Crippen LogP contribution in [0.5, 0.6) is 0 Å². The molecule has 3 nitrogen and oxygen atoms in total. The highest BCUT2D eigenvalue weighted by atomic mass is 127. The molecule has 0 amide bonds. The van der Waals surface area contributed by atoms with Crippen molar-refractivity contribution in [1.82, 2.24) is 9.78 Å². The number of aliphatic hydroxyl groups is 1. The monoisotopic (exact) mass is 328 g/mol. The Kier molecular flexibility index (Phi) is 3.60. The fraction of sp³-hybridized carbons (Fsp3) is 0.250. The number of hydrogen-bond donors (Lipinski definition) is 1. The van der Waals surface area contributed by atoms with Crippen molar-refractivity contribution in [3.63, 3.8) is 0 Å².